The summed E-state index contributed by atoms with van der Waals surface area (Å²) >= 11 is 0. The van der Waals surface area contributed by atoms with E-state index < -0.39 is 35.8 Å². The molecular formula is C12H9F3O3. The molecule has 0 saturated carbocycles. The van der Waals surface area contributed by atoms with E-state index in [4.69, 9.17) is 5.11 Å². The Morgan fingerprint density at radius 3 is 2.33 bits per heavy atom. The van der Waals surface area contributed by atoms with E-state index in [0.717, 1.165) is 0 Å². The van der Waals surface area contributed by atoms with Crippen molar-refractivity contribution in [3.8, 4) is 0 Å². The summed E-state index contributed by atoms with van der Waals surface area (Å²) in [6.07, 6.45) is -0.431. The van der Waals surface area contributed by atoms with Gasteiger partial charge in [0, 0.05) is 18.1 Å². The SMILES string of the molecule is CC(C(=O)O)C(=C=O)Cc1cc(F)c(F)cc1F. The van der Waals surface area contributed by atoms with Crippen LogP contribution in [0.4, 0.5) is 13.2 Å². The van der Waals surface area contributed by atoms with Gasteiger partial charge in [0.15, 0.2) is 11.6 Å². The molecule has 1 aromatic rings. The van der Waals surface area contributed by atoms with Crippen LogP contribution in [0.1, 0.15) is 12.5 Å². The topological polar surface area (TPSA) is 54.4 Å². The lowest BCUT2D eigenvalue weighted by Crippen LogP contribution is -2.15. The van der Waals surface area contributed by atoms with Crippen molar-refractivity contribution in [3.05, 3.63) is 40.7 Å². The van der Waals surface area contributed by atoms with E-state index in [-0.39, 0.29) is 11.1 Å². The second-order valence-electron chi connectivity index (χ2n) is 3.72. The first-order valence-electron chi connectivity index (χ1n) is 4.97. The predicted molar refractivity (Wildman–Crippen MR) is 56.0 cm³/mol. The summed E-state index contributed by atoms with van der Waals surface area (Å²) in [5.41, 5.74) is -0.534. The molecule has 96 valence electrons. The van der Waals surface area contributed by atoms with E-state index >= 15 is 0 Å². The van der Waals surface area contributed by atoms with Gasteiger partial charge in [-0.2, -0.15) is 0 Å². The molecule has 0 heterocycles. The van der Waals surface area contributed by atoms with Crippen molar-refractivity contribution in [2.75, 3.05) is 0 Å². The maximum Gasteiger partial charge on any atom is 0.311 e. The molecule has 0 saturated heterocycles. The van der Waals surface area contributed by atoms with Gasteiger partial charge in [0.05, 0.1) is 5.92 Å². The average Bonchev–Trinajstić information content (AvgIpc) is 2.31. The minimum absolute atomic E-state index is 0.243. The van der Waals surface area contributed by atoms with Crippen molar-refractivity contribution in [3.63, 3.8) is 0 Å². The lowest BCUT2D eigenvalue weighted by molar-refractivity contribution is -0.139. The number of carboxylic acid groups (broad SMARTS) is 1. The number of aliphatic carboxylic acids is 1. The van der Waals surface area contributed by atoms with Crippen LogP contribution in [0.5, 0.6) is 0 Å². The van der Waals surface area contributed by atoms with Crippen molar-refractivity contribution in [2.24, 2.45) is 5.92 Å². The molecule has 1 aromatic carbocycles. The molecule has 0 aromatic heterocycles. The molecular weight excluding hydrogens is 249 g/mol. The Morgan fingerprint density at radius 2 is 1.83 bits per heavy atom. The van der Waals surface area contributed by atoms with Gasteiger partial charge < -0.3 is 5.11 Å². The first-order chi connectivity index (χ1) is 8.36. The highest BCUT2D eigenvalue weighted by molar-refractivity contribution is 5.77. The van der Waals surface area contributed by atoms with Crippen LogP contribution < -0.4 is 0 Å². The van der Waals surface area contributed by atoms with Gasteiger partial charge in [0.25, 0.3) is 0 Å². The Morgan fingerprint density at radius 1 is 1.28 bits per heavy atom. The Hall–Kier alpha value is -2.07. The molecule has 0 fully saturated rings. The fourth-order valence-electron chi connectivity index (χ4n) is 1.33. The van der Waals surface area contributed by atoms with Crippen molar-refractivity contribution in [1.29, 1.82) is 0 Å². The second kappa shape index (κ2) is 5.51. The molecule has 18 heavy (non-hydrogen) atoms. The second-order valence-corrected chi connectivity index (χ2v) is 3.72. The van der Waals surface area contributed by atoms with Crippen molar-refractivity contribution < 1.29 is 27.9 Å². The molecule has 0 aliphatic heterocycles. The molecule has 0 amide bonds. The average molecular weight is 258 g/mol. The van der Waals surface area contributed by atoms with Crippen LogP contribution >= 0.6 is 0 Å². The van der Waals surface area contributed by atoms with Crippen molar-refractivity contribution in [2.45, 2.75) is 13.3 Å². The Balaban J connectivity index is 3.07. The summed E-state index contributed by atoms with van der Waals surface area (Å²) in [6, 6.07) is 0.940. The first-order valence-corrected chi connectivity index (χ1v) is 4.97. The molecule has 0 aliphatic carbocycles. The van der Waals surface area contributed by atoms with Crippen LogP contribution in [0.25, 0.3) is 0 Å². The molecule has 0 aliphatic rings. The summed E-state index contributed by atoms with van der Waals surface area (Å²) in [7, 11) is 0. The summed E-state index contributed by atoms with van der Waals surface area (Å²) in [6.45, 7) is 1.22. The maximum absolute atomic E-state index is 13.3. The molecule has 3 nitrogen and oxygen atoms in total. The minimum Gasteiger partial charge on any atom is -0.481 e. The third-order valence-corrected chi connectivity index (χ3v) is 2.49. The van der Waals surface area contributed by atoms with E-state index in [1.54, 1.807) is 0 Å². The highest BCUT2D eigenvalue weighted by atomic mass is 19.2. The molecule has 0 spiro atoms. The van der Waals surface area contributed by atoms with Gasteiger partial charge in [0.1, 0.15) is 11.8 Å². The molecule has 1 unspecified atom stereocenters. The number of benzene rings is 1. The van der Waals surface area contributed by atoms with Crippen LogP contribution in [-0.4, -0.2) is 17.0 Å². The summed E-state index contributed by atoms with van der Waals surface area (Å²) in [4.78, 5) is 21.3. The minimum atomic E-state index is -1.35. The van der Waals surface area contributed by atoms with Crippen LogP contribution in [0.3, 0.4) is 0 Å². The maximum atomic E-state index is 13.3. The summed E-state index contributed by atoms with van der Waals surface area (Å²) in [5.74, 6) is -4.71. The zero-order valence-electron chi connectivity index (χ0n) is 9.34. The Bertz CT molecular complexity index is 534. The van der Waals surface area contributed by atoms with Gasteiger partial charge in [-0.05, 0) is 18.6 Å². The highest BCUT2D eigenvalue weighted by Crippen LogP contribution is 2.19. The summed E-state index contributed by atoms with van der Waals surface area (Å²) in [5, 5.41) is 8.70. The van der Waals surface area contributed by atoms with Gasteiger partial charge in [0.2, 0.25) is 0 Å². The Labute approximate surface area is 101 Å². The lowest BCUT2D eigenvalue weighted by Gasteiger charge is -2.09. The smallest absolute Gasteiger partial charge is 0.311 e. The number of carbonyl (C=O) groups excluding carboxylic acids is 1. The number of carboxylic acids is 1. The summed E-state index contributed by atoms with van der Waals surface area (Å²) < 4.78 is 38.9. The van der Waals surface area contributed by atoms with Crippen LogP contribution in [-0.2, 0) is 16.0 Å². The van der Waals surface area contributed by atoms with E-state index in [9.17, 15) is 22.8 Å². The molecule has 0 radical (unpaired) electrons. The molecule has 1 atom stereocenters. The highest BCUT2D eigenvalue weighted by Gasteiger charge is 2.20. The Kier molecular flexibility index (Phi) is 4.28. The number of halogens is 3. The van der Waals surface area contributed by atoms with Crippen LogP contribution in [0.2, 0.25) is 0 Å². The van der Waals surface area contributed by atoms with Crippen molar-refractivity contribution >= 4 is 11.9 Å². The third kappa shape index (κ3) is 2.99. The first kappa shape index (κ1) is 14.0. The molecule has 1 rings (SSSR count). The van der Waals surface area contributed by atoms with Gasteiger partial charge in [-0.3, -0.25) is 4.79 Å². The van der Waals surface area contributed by atoms with E-state index in [1.807, 2.05) is 0 Å². The van der Waals surface area contributed by atoms with Crippen molar-refractivity contribution in [1.82, 2.24) is 0 Å². The fourth-order valence-corrected chi connectivity index (χ4v) is 1.33. The number of hydrogen-bond acceptors (Lipinski definition) is 2. The number of carbonyl (C=O) groups is 1. The van der Waals surface area contributed by atoms with E-state index in [2.05, 4.69) is 0 Å². The van der Waals surface area contributed by atoms with E-state index in [0.29, 0.717) is 12.1 Å². The third-order valence-electron chi connectivity index (χ3n) is 2.49. The zero-order valence-corrected chi connectivity index (χ0v) is 9.34. The fraction of sp³-hybridized carbons (Fsp3) is 0.250. The van der Waals surface area contributed by atoms with Gasteiger partial charge in [-0.25, -0.2) is 18.0 Å². The molecule has 1 N–H and O–H groups in total. The molecule has 6 heteroatoms. The number of hydrogen-bond donors (Lipinski definition) is 1. The number of rotatable bonds is 4. The van der Waals surface area contributed by atoms with Gasteiger partial charge in [-0.15, -0.1) is 0 Å². The normalized spacial score (nSPS) is 11.8. The van der Waals surface area contributed by atoms with Crippen LogP contribution in [0, 0.1) is 23.4 Å². The molecule has 0 bridgehead atoms. The quantitative estimate of drug-likeness (QED) is 0.664. The lowest BCUT2D eigenvalue weighted by atomic mass is 9.95. The van der Waals surface area contributed by atoms with E-state index in [1.165, 1.54) is 12.9 Å². The monoisotopic (exact) mass is 258 g/mol. The van der Waals surface area contributed by atoms with Gasteiger partial charge in [-0.1, -0.05) is 0 Å². The zero-order chi connectivity index (χ0) is 13.9. The van der Waals surface area contributed by atoms with Crippen LogP contribution in [0.15, 0.2) is 17.7 Å². The predicted octanol–water partition coefficient (Wildman–Crippen LogP) is 2.13. The van der Waals surface area contributed by atoms with Gasteiger partial charge >= 0.3 is 5.97 Å². The largest absolute Gasteiger partial charge is 0.481 e. The standard InChI is InChI=1S/C12H9F3O3/c1-6(12(17)18)8(5-16)2-7-3-10(14)11(15)4-9(7)13/h3-4,6H,2H2,1H3,(H,17,18).